The third-order valence-corrected chi connectivity index (χ3v) is 4.97. The monoisotopic (exact) mass is 184 g/mol. The van der Waals surface area contributed by atoms with Crippen molar-refractivity contribution in [1.29, 1.82) is 0 Å². The highest BCUT2D eigenvalue weighted by molar-refractivity contribution is 8.61. The van der Waals surface area contributed by atoms with Crippen LogP contribution in [0.1, 0.15) is 26.7 Å². The summed E-state index contributed by atoms with van der Waals surface area (Å²) in [7, 11) is 0. The van der Waals surface area contributed by atoms with Crippen molar-refractivity contribution in [1.82, 2.24) is 0 Å². The van der Waals surface area contributed by atoms with Crippen LogP contribution in [0.25, 0.3) is 0 Å². The van der Waals surface area contributed by atoms with Crippen LogP contribution in [0.4, 0.5) is 0 Å². The summed E-state index contributed by atoms with van der Waals surface area (Å²) >= 11 is 8.83. The highest BCUT2D eigenvalue weighted by Gasteiger charge is 2.17. The molecule has 56 valence electrons. The van der Waals surface area contributed by atoms with Gasteiger partial charge < -0.3 is 4.89 Å². The van der Waals surface area contributed by atoms with Crippen LogP contribution >= 0.6 is 17.7 Å². The zero-order valence-corrected chi connectivity index (χ0v) is 8.35. The summed E-state index contributed by atoms with van der Waals surface area (Å²) in [5.41, 5.74) is -2.00. The van der Waals surface area contributed by atoms with Gasteiger partial charge in [0.25, 0.3) is 0 Å². The molecule has 4 heteroatoms. The Kier molecular flexibility index (Phi) is 4.39. The summed E-state index contributed by atoms with van der Waals surface area (Å²) in [6.45, 7) is 4.06. The van der Waals surface area contributed by atoms with Gasteiger partial charge in [0, 0.05) is 5.66 Å². The van der Waals surface area contributed by atoms with Crippen LogP contribution in [0.2, 0.25) is 0 Å². The van der Waals surface area contributed by atoms with E-state index in [0.717, 1.165) is 12.8 Å². The van der Waals surface area contributed by atoms with Crippen LogP contribution in [-0.2, 0) is 11.8 Å². The minimum Gasteiger partial charge on any atom is -0.357 e. The summed E-state index contributed by atoms with van der Waals surface area (Å²) < 4.78 is 0. The minimum absolute atomic E-state index is 0.246. The number of thiol groups is 1. The van der Waals surface area contributed by atoms with Gasteiger partial charge in [-0.25, -0.2) is 0 Å². The van der Waals surface area contributed by atoms with E-state index in [-0.39, 0.29) is 5.66 Å². The van der Waals surface area contributed by atoms with Crippen molar-refractivity contribution >= 4 is 29.5 Å². The van der Waals surface area contributed by atoms with Crippen molar-refractivity contribution < 1.29 is 4.89 Å². The van der Waals surface area contributed by atoms with Crippen LogP contribution in [0.3, 0.4) is 0 Å². The van der Waals surface area contributed by atoms with Crippen LogP contribution in [0.15, 0.2) is 0 Å². The molecular weight excluding hydrogens is 171 g/mol. The Balaban J connectivity index is 3.96. The molecule has 9 heavy (non-hydrogen) atoms. The van der Waals surface area contributed by atoms with Gasteiger partial charge in [-0.2, -0.15) is 0 Å². The first-order valence-corrected chi connectivity index (χ1v) is 7.05. The molecule has 0 fully saturated rings. The molecule has 0 aromatic carbocycles. The molecule has 0 rings (SSSR count). The Labute approximate surface area is 67.1 Å². The summed E-state index contributed by atoms with van der Waals surface area (Å²) in [5, 5.41) is 0. The maximum absolute atomic E-state index is 9.27. The number of hydrogen-bond donors (Lipinski definition) is 2. The van der Waals surface area contributed by atoms with Crippen molar-refractivity contribution in [2.75, 3.05) is 0 Å². The first-order valence-electron chi connectivity index (χ1n) is 3.07. The van der Waals surface area contributed by atoms with E-state index in [1.54, 1.807) is 0 Å². The zero-order valence-electron chi connectivity index (χ0n) is 5.74. The van der Waals surface area contributed by atoms with E-state index in [4.69, 9.17) is 11.8 Å². The third-order valence-electron chi connectivity index (χ3n) is 1.42. The van der Waals surface area contributed by atoms with Crippen LogP contribution in [0, 0.1) is 0 Å². The number of hydrogen-bond acceptors (Lipinski definition) is 1. The van der Waals surface area contributed by atoms with Crippen LogP contribution < -0.4 is 0 Å². The molecule has 1 nitrogen and oxygen atoms in total. The van der Waals surface area contributed by atoms with Gasteiger partial charge in [0.05, 0.1) is 0 Å². The molecule has 0 aromatic heterocycles. The van der Waals surface area contributed by atoms with Crippen molar-refractivity contribution in [2.24, 2.45) is 0 Å². The van der Waals surface area contributed by atoms with Crippen molar-refractivity contribution in [3.63, 3.8) is 0 Å². The van der Waals surface area contributed by atoms with Gasteiger partial charge in [-0.1, -0.05) is 25.7 Å². The second-order valence-electron chi connectivity index (χ2n) is 2.06. The lowest BCUT2D eigenvalue weighted by Crippen LogP contribution is -2.00. The highest BCUT2D eigenvalue weighted by atomic mass is 32.9. The third kappa shape index (κ3) is 3.61. The Bertz CT molecular complexity index is 116. The van der Waals surface area contributed by atoms with Gasteiger partial charge in [-0.3, -0.25) is 0 Å². The molecule has 0 amide bonds. The summed E-state index contributed by atoms with van der Waals surface area (Å²) in [6, 6.07) is 0. The lowest BCUT2D eigenvalue weighted by Gasteiger charge is -2.17. The average Bonchev–Trinajstić information content (AvgIpc) is 1.65. The quantitative estimate of drug-likeness (QED) is 0.519. The number of rotatable bonds is 3. The fraction of sp³-hybridized carbons (Fsp3) is 1.00. The normalized spacial score (nSPS) is 17.9. The van der Waals surface area contributed by atoms with Gasteiger partial charge in [-0.05, 0) is 12.8 Å². The van der Waals surface area contributed by atoms with Crippen molar-refractivity contribution in [3.05, 3.63) is 0 Å². The molecule has 0 bridgehead atoms. The van der Waals surface area contributed by atoms with E-state index in [2.05, 4.69) is 12.2 Å². The lowest BCUT2D eigenvalue weighted by molar-refractivity contribution is 0.607. The molecule has 1 N–H and O–H groups in total. The van der Waals surface area contributed by atoms with E-state index in [1.807, 2.05) is 13.8 Å². The lowest BCUT2D eigenvalue weighted by atomic mass is 10.3. The summed E-state index contributed by atoms with van der Waals surface area (Å²) in [5.74, 6) is 0. The fourth-order valence-electron chi connectivity index (χ4n) is 0.764. The molecule has 0 aliphatic carbocycles. The molecule has 0 saturated heterocycles. The minimum atomic E-state index is -2.25. The van der Waals surface area contributed by atoms with Gasteiger partial charge in [0.15, 0.2) is 0 Å². The molecule has 1 unspecified atom stereocenters. The molecule has 0 aliphatic heterocycles. The second kappa shape index (κ2) is 3.97. The SMILES string of the molecule is CCC(CC)P(O)(=S)S. The summed E-state index contributed by atoms with van der Waals surface area (Å²) in [6.07, 6.45) is 1.88. The first-order chi connectivity index (χ1) is 4.02. The predicted molar refractivity (Wildman–Crippen MR) is 49.9 cm³/mol. The molecule has 1 atom stereocenters. The maximum atomic E-state index is 9.27. The first kappa shape index (κ1) is 9.96. The van der Waals surface area contributed by atoms with E-state index >= 15 is 0 Å². The van der Waals surface area contributed by atoms with Gasteiger partial charge in [-0.15, -0.1) is 12.2 Å². The van der Waals surface area contributed by atoms with E-state index in [0.29, 0.717) is 0 Å². The molecule has 0 aliphatic rings. The molecule has 0 spiro atoms. The van der Waals surface area contributed by atoms with Gasteiger partial charge in [0.1, 0.15) is 5.47 Å². The molecule has 0 radical (unpaired) electrons. The Hall–Kier alpha value is 0.960. The standard InChI is InChI=1S/C5H13OPS2/c1-3-5(4-2)7(6,8)9/h5H,3-4H2,1-2H3,(H2,6,8,9). The molecule has 0 heterocycles. The Morgan fingerprint density at radius 3 is 1.89 bits per heavy atom. The highest BCUT2D eigenvalue weighted by Crippen LogP contribution is 2.53. The smallest absolute Gasteiger partial charge is 0.116 e. The summed E-state index contributed by atoms with van der Waals surface area (Å²) in [4.78, 5) is 9.27. The van der Waals surface area contributed by atoms with Gasteiger partial charge in [0.2, 0.25) is 0 Å². The molecule has 0 aromatic rings. The Morgan fingerprint density at radius 2 is 1.89 bits per heavy atom. The average molecular weight is 184 g/mol. The molecular formula is C5H13OPS2. The van der Waals surface area contributed by atoms with Crippen LogP contribution in [-0.4, -0.2) is 10.6 Å². The van der Waals surface area contributed by atoms with Crippen molar-refractivity contribution in [3.8, 4) is 0 Å². The zero-order chi connectivity index (χ0) is 7.49. The molecule has 0 saturated carbocycles. The largest absolute Gasteiger partial charge is 0.357 e. The maximum Gasteiger partial charge on any atom is 0.116 e. The van der Waals surface area contributed by atoms with E-state index < -0.39 is 5.47 Å². The van der Waals surface area contributed by atoms with Crippen molar-refractivity contribution in [2.45, 2.75) is 32.3 Å². The van der Waals surface area contributed by atoms with Crippen LogP contribution in [0.5, 0.6) is 0 Å². The predicted octanol–water partition coefficient (Wildman–Crippen LogP) is 2.41. The second-order valence-corrected chi connectivity index (χ2v) is 8.28. The fourth-order valence-corrected chi connectivity index (χ4v) is 3.59. The van der Waals surface area contributed by atoms with E-state index in [9.17, 15) is 4.89 Å². The topological polar surface area (TPSA) is 20.2 Å². The van der Waals surface area contributed by atoms with Gasteiger partial charge >= 0.3 is 0 Å². The van der Waals surface area contributed by atoms with E-state index in [1.165, 1.54) is 0 Å². The Morgan fingerprint density at radius 1 is 1.56 bits per heavy atom.